The standard InChI is InChI=1S/C20H30N4O2.HI/c1-21-20(22-12-17-8-5-10-25-17)24-14-18-19(15-24)26-11-9-23(18)13-16-6-3-2-4-7-16;/h2-4,6-7,17-19H,5,8-15H2,1H3,(H,21,22);1H. The molecule has 1 N–H and O–H groups in total. The van der Waals surface area contributed by atoms with Crippen LogP contribution in [-0.2, 0) is 16.0 Å². The smallest absolute Gasteiger partial charge is 0.193 e. The number of halogens is 1. The van der Waals surface area contributed by atoms with Crippen molar-refractivity contribution < 1.29 is 9.47 Å². The van der Waals surface area contributed by atoms with Crippen LogP contribution in [0.3, 0.4) is 0 Å². The number of guanidine groups is 1. The first-order valence-electron chi connectivity index (χ1n) is 9.80. The lowest BCUT2D eigenvalue weighted by molar-refractivity contribution is -0.0502. The highest BCUT2D eigenvalue weighted by Gasteiger charge is 2.41. The lowest BCUT2D eigenvalue weighted by Gasteiger charge is -2.36. The van der Waals surface area contributed by atoms with Crippen molar-refractivity contribution in [3.63, 3.8) is 0 Å². The van der Waals surface area contributed by atoms with Gasteiger partial charge in [-0.2, -0.15) is 0 Å². The molecule has 6 nitrogen and oxygen atoms in total. The highest BCUT2D eigenvalue weighted by atomic mass is 127. The molecule has 4 rings (SSSR count). The molecule has 3 heterocycles. The van der Waals surface area contributed by atoms with E-state index in [-0.39, 0.29) is 30.1 Å². The van der Waals surface area contributed by atoms with Crippen molar-refractivity contribution >= 4 is 29.9 Å². The fourth-order valence-electron chi connectivity index (χ4n) is 4.29. The van der Waals surface area contributed by atoms with Crippen molar-refractivity contribution in [2.24, 2.45) is 4.99 Å². The summed E-state index contributed by atoms with van der Waals surface area (Å²) in [5.74, 6) is 0.971. The van der Waals surface area contributed by atoms with Gasteiger partial charge in [-0.3, -0.25) is 9.89 Å². The van der Waals surface area contributed by atoms with Gasteiger partial charge >= 0.3 is 0 Å². The summed E-state index contributed by atoms with van der Waals surface area (Å²) in [4.78, 5) is 9.41. The Bertz CT molecular complexity index is 609. The van der Waals surface area contributed by atoms with E-state index in [0.29, 0.717) is 12.1 Å². The van der Waals surface area contributed by atoms with Gasteiger partial charge < -0.3 is 19.7 Å². The van der Waals surface area contributed by atoms with Gasteiger partial charge in [0.25, 0.3) is 0 Å². The predicted octanol–water partition coefficient (Wildman–Crippen LogP) is 1.94. The molecular formula is C20H31IN4O2. The lowest BCUT2D eigenvalue weighted by Crippen LogP contribution is -2.50. The molecular weight excluding hydrogens is 455 g/mol. The van der Waals surface area contributed by atoms with Gasteiger partial charge in [-0.05, 0) is 18.4 Å². The molecule has 0 spiro atoms. The summed E-state index contributed by atoms with van der Waals surface area (Å²) in [5.41, 5.74) is 1.37. The van der Waals surface area contributed by atoms with E-state index in [2.05, 4.69) is 50.4 Å². The molecule has 3 unspecified atom stereocenters. The minimum atomic E-state index is 0. The van der Waals surface area contributed by atoms with E-state index < -0.39 is 0 Å². The third-order valence-corrected chi connectivity index (χ3v) is 5.67. The topological polar surface area (TPSA) is 49.3 Å². The highest BCUT2D eigenvalue weighted by molar-refractivity contribution is 14.0. The molecule has 3 aliphatic rings. The summed E-state index contributed by atoms with van der Waals surface area (Å²) in [7, 11) is 1.86. The second kappa shape index (κ2) is 10.0. The maximum Gasteiger partial charge on any atom is 0.193 e. The molecule has 0 saturated carbocycles. The van der Waals surface area contributed by atoms with Crippen LogP contribution >= 0.6 is 24.0 Å². The molecule has 3 saturated heterocycles. The molecule has 3 aliphatic heterocycles. The number of ether oxygens (including phenoxy) is 2. The van der Waals surface area contributed by atoms with Gasteiger partial charge in [-0.15, -0.1) is 24.0 Å². The Hall–Kier alpha value is -0.900. The van der Waals surface area contributed by atoms with Crippen molar-refractivity contribution in [2.45, 2.75) is 37.6 Å². The van der Waals surface area contributed by atoms with E-state index in [0.717, 1.165) is 58.3 Å². The van der Waals surface area contributed by atoms with Gasteiger partial charge in [0, 0.05) is 46.4 Å². The Balaban J connectivity index is 0.00000210. The number of nitrogens with zero attached hydrogens (tertiary/aromatic N) is 3. The van der Waals surface area contributed by atoms with E-state index in [1.165, 1.54) is 12.0 Å². The molecule has 0 bridgehead atoms. The number of benzene rings is 1. The average molecular weight is 486 g/mol. The second-order valence-corrected chi connectivity index (χ2v) is 7.40. The molecule has 27 heavy (non-hydrogen) atoms. The monoisotopic (exact) mass is 486 g/mol. The van der Waals surface area contributed by atoms with E-state index in [1.54, 1.807) is 0 Å². The lowest BCUT2D eigenvalue weighted by atomic mass is 10.1. The van der Waals surface area contributed by atoms with Gasteiger partial charge in [-0.1, -0.05) is 30.3 Å². The summed E-state index contributed by atoms with van der Waals surface area (Å²) in [6.07, 6.45) is 2.89. The molecule has 150 valence electrons. The molecule has 0 radical (unpaired) electrons. The van der Waals surface area contributed by atoms with Gasteiger partial charge in [0.2, 0.25) is 0 Å². The van der Waals surface area contributed by atoms with Crippen LogP contribution in [0.5, 0.6) is 0 Å². The largest absolute Gasteiger partial charge is 0.376 e. The Morgan fingerprint density at radius 2 is 2.04 bits per heavy atom. The van der Waals surface area contributed by atoms with Gasteiger partial charge in [0.05, 0.1) is 24.9 Å². The van der Waals surface area contributed by atoms with Crippen LogP contribution < -0.4 is 5.32 Å². The molecule has 0 aliphatic carbocycles. The van der Waals surface area contributed by atoms with Gasteiger partial charge in [-0.25, -0.2) is 0 Å². The quantitative estimate of drug-likeness (QED) is 0.401. The summed E-state index contributed by atoms with van der Waals surface area (Å²) in [5, 5.41) is 3.50. The van der Waals surface area contributed by atoms with E-state index in [1.807, 2.05) is 7.05 Å². The number of morpholine rings is 1. The normalized spacial score (nSPS) is 28.7. The summed E-state index contributed by atoms with van der Waals surface area (Å²) in [6.45, 7) is 6.38. The SMILES string of the molecule is CN=C(NCC1CCCO1)N1CC2OCCN(Cc3ccccc3)C2C1.I. The van der Waals surface area contributed by atoms with E-state index in [9.17, 15) is 0 Å². The zero-order valence-electron chi connectivity index (χ0n) is 16.0. The van der Waals surface area contributed by atoms with Crippen molar-refractivity contribution in [1.82, 2.24) is 15.1 Å². The zero-order valence-corrected chi connectivity index (χ0v) is 18.4. The number of fused-ring (bicyclic) bond motifs is 1. The maximum atomic E-state index is 6.08. The molecule has 3 fully saturated rings. The molecule has 1 aromatic rings. The first-order chi connectivity index (χ1) is 12.8. The molecule has 1 aromatic carbocycles. The number of nitrogens with one attached hydrogen (secondary N) is 1. The summed E-state index contributed by atoms with van der Waals surface area (Å²) < 4.78 is 11.8. The second-order valence-electron chi connectivity index (χ2n) is 7.40. The number of hydrogen-bond acceptors (Lipinski definition) is 4. The fourth-order valence-corrected chi connectivity index (χ4v) is 4.29. The van der Waals surface area contributed by atoms with Crippen molar-refractivity contribution in [3.05, 3.63) is 35.9 Å². The highest BCUT2D eigenvalue weighted by Crippen LogP contribution is 2.24. The minimum Gasteiger partial charge on any atom is -0.376 e. The minimum absolute atomic E-state index is 0. The predicted molar refractivity (Wildman–Crippen MR) is 118 cm³/mol. The molecule has 3 atom stereocenters. The summed E-state index contributed by atoms with van der Waals surface area (Å²) in [6, 6.07) is 11.1. The van der Waals surface area contributed by atoms with Gasteiger partial charge in [0.1, 0.15) is 0 Å². The van der Waals surface area contributed by atoms with Gasteiger partial charge in [0.15, 0.2) is 5.96 Å². The van der Waals surface area contributed by atoms with Crippen LogP contribution in [0.1, 0.15) is 18.4 Å². The van der Waals surface area contributed by atoms with E-state index in [4.69, 9.17) is 9.47 Å². The Kier molecular flexibility index (Phi) is 7.75. The third kappa shape index (κ3) is 5.13. The first-order valence-corrected chi connectivity index (χ1v) is 9.80. The van der Waals surface area contributed by atoms with Crippen LogP contribution in [0.4, 0.5) is 0 Å². The van der Waals surface area contributed by atoms with Crippen molar-refractivity contribution in [2.75, 3.05) is 46.4 Å². The van der Waals surface area contributed by atoms with Crippen LogP contribution in [0.2, 0.25) is 0 Å². The Labute approximate surface area is 179 Å². The van der Waals surface area contributed by atoms with Crippen LogP contribution in [0, 0.1) is 0 Å². The molecule has 0 aromatic heterocycles. The Morgan fingerprint density at radius 3 is 2.78 bits per heavy atom. The summed E-state index contributed by atoms with van der Waals surface area (Å²) >= 11 is 0. The van der Waals surface area contributed by atoms with Crippen molar-refractivity contribution in [1.29, 1.82) is 0 Å². The maximum absolute atomic E-state index is 6.08. The number of hydrogen-bond donors (Lipinski definition) is 1. The van der Waals surface area contributed by atoms with Crippen LogP contribution in [0.15, 0.2) is 35.3 Å². The number of rotatable bonds is 4. The number of likely N-dealkylation sites (tertiary alicyclic amines) is 1. The zero-order chi connectivity index (χ0) is 17.8. The number of aliphatic imine (C=N–C) groups is 1. The molecule has 0 amide bonds. The third-order valence-electron chi connectivity index (χ3n) is 5.67. The van der Waals surface area contributed by atoms with Crippen LogP contribution in [-0.4, -0.2) is 80.4 Å². The Morgan fingerprint density at radius 1 is 1.19 bits per heavy atom. The fraction of sp³-hybridized carbons (Fsp3) is 0.650. The van der Waals surface area contributed by atoms with E-state index >= 15 is 0 Å². The van der Waals surface area contributed by atoms with Crippen molar-refractivity contribution in [3.8, 4) is 0 Å². The first kappa shape index (κ1) is 20.8. The average Bonchev–Trinajstić information content (AvgIpc) is 3.33. The van der Waals surface area contributed by atoms with Crippen LogP contribution in [0.25, 0.3) is 0 Å². The molecule has 7 heteroatoms.